The maximum Gasteiger partial charge on any atom is 0.225 e. The number of ether oxygens (including phenoxy) is 1. The van der Waals surface area contributed by atoms with Gasteiger partial charge < -0.3 is 9.64 Å². The molecule has 1 amide bonds. The van der Waals surface area contributed by atoms with Crippen molar-refractivity contribution in [3.8, 4) is 0 Å². The van der Waals surface area contributed by atoms with Gasteiger partial charge >= 0.3 is 0 Å². The summed E-state index contributed by atoms with van der Waals surface area (Å²) in [5.74, 6) is 0.518. The first kappa shape index (κ1) is 10.9. The maximum atomic E-state index is 12.0. The molecule has 2 fully saturated rings. The summed E-state index contributed by atoms with van der Waals surface area (Å²) in [6.45, 7) is 7.70. The smallest absolute Gasteiger partial charge is 0.225 e. The molecule has 0 aromatic heterocycles. The molecule has 1 atom stereocenters. The molecule has 1 unspecified atom stereocenters. The second-order valence-corrected chi connectivity index (χ2v) is 5.17. The van der Waals surface area contributed by atoms with E-state index in [0.29, 0.717) is 11.3 Å². The zero-order valence-corrected chi connectivity index (χ0v) is 9.79. The lowest BCUT2D eigenvalue weighted by molar-refractivity contribution is -0.161. The fourth-order valence-electron chi connectivity index (χ4n) is 2.51. The molecule has 2 aliphatic rings. The highest BCUT2D eigenvalue weighted by Gasteiger charge is 2.43. The molecular formula is C12H21NO2. The molecule has 2 aliphatic heterocycles. The SMILES string of the molecule is CCC(C)C(=O)N1CCCC2(COC2)C1. The van der Waals surface area contributed by atoms with Gasteiger partial charge in [-0.15, -0.1) is 0 Å². The molecule has 0 aromatic rings. The van der Waals surface area contributed by atoms with Gasteiger partial charge in [0.05, 0.1) is 13.2 Å². The van der Waals surface area contributed by atoms with E-state index >= 15 is 0 Å². The predicted molar refractivity (Wildman–Crippen MR) is 58.5 cm³/mol. The van der Waals surface area contributed by atoms with Gasteiger partial charge in [-0.1, -0.05) is 13.8 Å². The summed E-state index contributed by atoms with van der Waals surface area (Å²) in [6, 6.07) is 0. The standard InChI is InChI=1S/C12H21NO2/c1-3-10(2)11(14)13-6-4-5-12(7-13)8-15-9-12/h10H,3-9H2,1-2H3. The summed E-state index contributed by atoms with van der Waals surface area (Å²) in [4.78, 5) is 14.1. The lowest BCUT2D eigenvalue weighted by atomic mass is 9.78. The molecule has 1 spiro atoms. The third kappa shape index (κ3) is 2.03. The molecule has 2 saturated heterocycles. The number of piperidine rings is 1. The van der Waals surface area contributed by atoms with Crippen LogP contribution in [0.3, 0.4) is 0 Å². The van der Waals surface area contributed by atoms with E-state index in [2.05, 4.69) is 11.8 Å². The van der Waals surface area contributed by atoms with Crippen LogP contribution in [0.2, 0.25) is 0 Å². The Labute approximate surface area is 91.8 Å². The maximum absolute atomic E-state index is 12.0. The number of carbonyl (C=O) groups excluding carboxylic acids is 1. The van der Waals surface area contributed by atoms with Crippen LogP contribution in [0.25, 0.3) is 0 Å². The number of likely N-dealkylation sites (tertiary alicyclic amines) is 1. The molecule has 0 radical (unpaired) electrons. The third-order valence-electron chi connectivity index (χ3n) is 3.82. The molecule has 2 heterocycles. The average molecular weight is 211 g/mol. The monoisotopic (exact) mass is 211 g/mol. The van der Waals surface area contributed by atoms with Crippen molar-refractivity contribution in [2.75, 3.05) is 26.3 Å². The quantitative estimate of drug-likeness (QED) is 0.695. The number of hydrogen-bond donors (Lipinski definition) is 0. The molecule has 0 saturated carbocycles. The molecule has 0 aromatic carbocycles. The van der Waals surface area contributed by atoms with E-state index in [4.69, 9.17) is 4.74 Å². The number of carbonyl (C=O) groups is 1. The summed E-state index contributed by atoms with van der Waals surface area (Å²) < 4.78 is 5.29. The number of nitrogens with zero attached hydrogens (tertiary/aromatic N) is 1. The van der Waals surface area contributed by atoms with Crippen LogP contribution in [-0.2, 0) is 9.53 Å². The van der Waals surface area contributed by atoms with Gasteiger partial charge in [0, 0.05) is 24.4 Å². The molecule has 0 N–H and O–H groups in total. The van der Waals surface area contributed by atoms with E-state index in [-0.39, 0.29) is 5.92 Å². The summed E-state index contributed by atoms with van der Waals surface area (Å²) in [6.07, 6.45) is 3.32. The second kappa shape index (κ2) is 4.12. The fraction of sp³-hybridized carbons (Fsp3) is 0.917. The Hall–Kier alpha value is -0.570. The molecule has 0 aliphatic carbocycles. The van der Waals surface area contributed by atoms with Crippen molar-refractivity contribution < 1.29 is 9.53 Å². The predicted octanol–water partition coefficient (Wildman–Crippen LogP) is 1.67. The lowest BCUT2D eigenvalue weighted by Crippen LogP contribution is -2.56. The van der Waals surface area contributed by atoms with Crippen molar-refractivity contribution >= 4 is 5.91 Å². The van der Waals surface area contributed by atoms with Crippen LogP contribution in [0.15, 0.2) is 0 Å². The van der Waals surface area contributed by atoms with Gasteiger partial charge in [-0.05, 0) is 19.3 Å². The Morgan fingerprint density at radius 1 is 1.53 bits per heavy atom. The van der Waals surface area contributed by atoms with Gasteiger partial charge in [-0.25, -0.2) is 0 Å². The van der Waals surface area contributed by atoms with Gasteiger partial charge in [0.25, 0.3) is 0 Å². The molecular weight excluding hydrogens is 190 g/mol. The summed E-state index contributed by atoms with van der Waals surface area (Å²) >= 11 is 0. The first-order valence-electron chi connectivity index (χ1n) is 6.03. The van der Waals surface area contributed by atoms with E-state index in [1.807, 2.05) is 6.92 Å². The van der Waals surface area contributed by atoms with Gasteiger partial charge in [0.15, 0.2) is 0 Å². The lowest BCUT2D eigenvalue weighted by Gasteiger charge is -2.48. The second-order valence-electron chi connectivity index (χ2n) is 5.17. The van der Waals surface area contributed by atoms with Crippen LogP contribution >= 0.6 is 0 Å². The summed E-state index contributed by atoms with van der Waals surface area (Å²) in [7, 11) is 0. The molecule has 15 heavy (non-hydrogen) atoms. The molecule has 3 heteroatoms. The van der Waals surface area contributed by atoms with Crippen molar-refractivity contribution in [1.29, 1.82) is 0 Å². The van der Waals surface area contributed by atoms with E-state index in [0.717, 1.165) is 39.1 Å². The molecule has 3 nitrogen and oxygen atoms in total. The number of rotatable bonds is 2. The van der Waals surface area contributed by atoms with Gasteiger partial charge in [0.2, 0.25) is 5.91 Å². The normalized spacial score (nSPS) is 26.1. The van der Waals surface area contributed by atoms with E-state index < -0.39 is 0 Å². The van der Waals surface area contributed by atoms with Crippen LogP contribution < -0.4 is 0 Å². The Kier molecular flexibility index (Phi) is 3.01. The minimum Gasteiger partial charge on any atom is -0.380 e. The van der Waals surface area contributed by atoms with Crippen molar-refractivity contribution in [2.24, 2.45) is 11.3 Å². The van der Waals surface area contributed by atoms with Crippen molar-refractivity contribution in [3.63, 3.8) is 0 Å². The van der Waals surface area contributed by atoms with Crippen molar-refractivity contribution in [2.45, 2.75) is 33.1 Å². The molecule has 0 bridgehead atoms. The highest BCUT2D eigenvalue weighted by atomic mass is 16.5. The van der Waals surface area contributed by atoms with Crippen LogP contribution in [0.4, 0.5) is 0 Å². The zero-order chi connectivity index (χ0) is 10.9. The Morgan fingerprint density at radius 3 is 2.80 bits per heavy atom. The first-order valence-corrected chi connectivity index (χ1v) is 6.03. The minimum atomic E-state index is 0.182. The summed E-state index contributed by atoms with van der Waals surface area (Å²) in [5.41, 5.74) is 0.321. The van der Waals surface area contributed by atoms with Gasteiger partial charge in [-0.3, -0.25) is 4.79 Å². The van der Waals surface area contributed by atoms with E-state index in [1.165, 1.54) is 6.42 Å². The Bertz CT molecular complexity index is 248. The Morgan fingerprint density at radius 2 is 2.27 bits per heavy atom. The van der Waals surface area contributed by atoms with Gasteiger partial charge in [0.1, 0.15) is 0 Å². The minimum absolute atomic E-state index is 0.182. The number of hydrogen-bond acceptors (Lipinski definition) is 2. The molecule has 2 rings (SSSR count). The zero-order valence-electron chi connectivity index (χ0n) is 9.79. The number of amides is 1. The topological polar surface area (TPSA) is 29.5 Å². The fourth-order valence-corrected chi connectivity index (χ4v) is 2.51. The van der Waals surface area contributed by atoms with E-state index in [9.17, 15) is 4.79 Å². The van der Waals surface area contributed by atoms with Crippen LogP contribution in [0, 0.1) is 11.3 Å². The highest BCUT2D eigenvalue weighted by molar-refractivity contribution is 5.78. The third-order valence-corrected chi connectivity index (χ3v) is 3.82. The average Bonchev–Trinajstić information content (AvgIpc) is 2.25. The van der Waals surface area contributed by atoms with Crippen LogP contribution in [-0.4, -0.2) is 37.1 Å². The Balaban J connectivity index is 1.95. The van der Waals surface area contributed by atoms with Crippen LogP contribution in [0.5, 0.6) is 0 Å². The van der Waals surface area contributed by atoms with Crippen LogP contribution in [0.1, 0.15) is 33.1 Å². The summed E-state index contributed by atoms with van der Waals surface area (Å²) in [5, 5.41) is 0. The molecule has 86 valence electrons. The van der Waals surface area contributed by atoms with Gasteiger partial charge in [-0.2, -0.15) is 0 Å². The van der Waals surface area contributed by atoms with Crippen molar-refractivity contribution in [1.82, 2.24) is 4.90 Å². The first-order chi connectivity index (χ1) is 7.17. The largest absolute Gasteiger partial charge is 0.380 e. The van der Waals surface area contributed by atoms with Crippen molar-refractivity contribution in [3.05, 3.63) is 0 Å². The highest BCUT2D eigenvalue weighted by Crippen LogP contribution is 2.37. The van der Waals surface area contributed by atoms with E-state index in [1.54, 1.807) is 0 Å².